The molecule has 0 aliphatic carbocycles. The van der Waals surface area contributed by atoms with E-state index in [4.69, 9.17) is 5.26 Å². The number of pyridine rings is 1. The van der Waals surface area contributed by atoms with Crippen molar-refractivity contribution in [1.82, 2.24) is 4.98 Å². The van der Waals surface area contributed by atoms with Crippen molar-refractivity contribution in [3.8, 4) is 17.9 Å². The first-order valence-electron chi connectivity index (χ1n) is 3.24. The topological polar surface area (TPSA) is 79.8 Å². The molecule has 0 aliphatic heterocycles. The van der Waals surface area contributed by atoms with Gasteiger partial charge in [0.2, 0.25) is 0 Å². The number of nitrogens with zero attached hydrogens (tertiary/aromatic N) is 3. The van der Waals surface area contributed by atoms with Crippen LogP contribution in [-0.4, -0.2) is 9.91 Å². The van der Waals surface area contributed by atoms with Crippen molar-refractivity contribution in [2.45, 2.75) is 0 Å². The van der Waals surface area contributed by atoms with E-state index in [0.29, 0.717) is 0 Å². The first-order valence-corrected chi connectivity index (χ1v) is 3.24. The minimum absolute atomic E-state index is 0.0859. The highest BCUT2D eigenvalue weighted by atomic mass is 16.6. The van der Waals surface area contributed by atoms with Gasteiger partial charge in [0.25, 0.3) is 5.69 Å². The summed E-state index contributed by atoms with van der Waals surface area (Å²) in [5, 5.41) is 18.4. The summed E-state index contributed by atoms with van der Waals surface area (Å²) in [5.74, 6) is 4.46. The van der Waals surface area contributed by atoms with Gasteiger partial charge in [0, 0.05) is 18.2 Å². The third kappa shape index (κ3) is 2.28. The molecule has 0 radical (unpaired) electrons. The molecule has 0 bridgehead atoms. The van der Waals surface area contributed by atoms with Crippen LogP contribution in [0.1, 0.15) is 5.69 Å². The predicted octanol–water partition coefficient (Wildman–Crippen LogP) is 0.865. The Morgan fingerprint density at radius 3 is 3.00 bits per heavy atom. The molecule has 0 spiro atoms. The maximum atomic E-state index is 10.3. The normalized spacial score (nSPS) is 7.92. The lowest BCUT2D eigenvalue weighted by Crippen LogP contribution is -1.89. The van der Waals surface area contributed by atoms with E-state index in [9.17, 15) is 10.1 Å². The Morgan fingerprint density at radius 1 is 1.62 bits per heavy atom. The van der Waals surface area contributed by atoms with Crippen LogP contribution in [0.4, 0.5) is 5.69 Å². The van der Waals surface area contributed by atoms with Crippen molar-refractivity contribution < 1.29 is 4.92 Å². The second-order valence-electron chi connectivity index (χ2n) is 2.02. The molecule has 0 N–H and O–H groups in total. The molecule has 5 nitrogen and oxygen atoms in total. The first kappa shape index (κ1) is 8.69. The minimum atomic E-state index is -0.542. The summed E-state index contributed by atoms with van der Waals surface area (Å²) in [4.78, 5) is 13.5. The summed E-state index contributed by atoms with van der Waals surface area (Å²) in [5.41, 5.74) is 0.132. The van der Waals surface area contributed by atoms with E-state index in [2.05, 4.69) is 16.8 Å². The molecule has 5 heteroatoms. The van der Waals surface area contributed by atoms with Crippen molar-refractivity contribution in [3.05, 3.63) is 34.1 Å². The Morgan fingerprint density at radius 2 is 2.38 bits per heavy atom. The fraction of sp³-hybridized carbons (Fsp3) is 0. The quantitative estimate of drug-likeness (QED) is 0.358. The van der Waals surface area contributed by atoms with Crippen LogP contribution >= 0.6 is 0 Å². The van der Waals surface area contributed by atoms with Gasteiger partial charge < -0.3 is 0 Å². The molecule has 0 fully saturated rings. The summed E-state index contributed by atoms with van der Waals surface area (Å²) >= 11 is 0. The zero-order valence-corrected chi connectivity index (χ0v) is 6.39. The highest BCUT2D eigenvalue weighted by molar-refractivity contribution is 5.39. The largest absolute Gasteiger partial charge is 0.273 e. The second kappa shape index (κ2) is 3.84. The number of nitro groups is 1. The molecule has 62 valence electrons. The highest BCUT2D eigenvalue weighted by Crippen LogP contribution is 2.09. The number of nitriles is 1. The highest BCUT2D eigenvalue weighted by Gasteiger charge is 2.04. The Bertz CT molecular complexity index is 437. The van der Waals surface area contributed by atoms with E-state index in [1.807, 2.05) is 0 Å². The van der Waals surface area contributed by atoms with Gasteiger partial charge in [0.05, 0.1) is 11.0 Å². The average molecular weight is 173 g/mol. The Kier molecular flexibility index (Phi) is 2.57. The maximum absolute atomic E-state index is 10.3. The van der Waals surface area contributed by atoms with Crippen molar-refractivity contribution in [2.75, 3.05) is 0 Å². The van der Waals surface area contributed by atoms with Crippen LogP contribution in [0.2, 0.25) is 0 Å². The molecular formula is C8H3N3O2. The summed E-state index contributed by atoms with van der Waals surface area (Å²) in [6, 6.07) is 4.07. The van der Waals surface area contributed by atoms with Crippen LogP contribution in [0.15, 0.2) is 18.3 Å². The molecule has 0 amide bonds. The van der Waals surface area contributed by atoms with Crippen molar-refractivity contribution in [3.63, 3.8) is 0 Å². The van der Waals surface area contributed by atoms with Crippen LogP contribution < -0.4 is 0 Å². The number of aromatic nitrogens is 1. The van der Waals surface area contributed by atoms with Crippen LogP contribution in [0, 0.1) is 33.3 Å². The predicted molar refractivity (Wildman–Crippen MR) is 43.4 cm³/mol. The van der Waals surface area contributed by atoms with Crippen molar-refractivity contribution in [2.24, 2.45) is 0 Å². The Hall–Kier alpha value is -2.40. The maximum Gasteiger partial charge on any atom is 0.273 e. The van der Waals surface area contributed by atoms with Crippen LogP contribution in [0.25, 0.3) is 0 Å². The van der Waals surface area contributed by atoms with Crippen LogP contribution in [-0.2, 0) is 0 Å². The fourth-order valence-electron chi connectivity index (χ4n) is 0.693. The standard InChI is InChI=1S/C8H3N3O2/c9-4-1-2-7-6-8(11(12)13)3-5-10-7/h3,5-6H. The van der Waals surface area contributed by atoms with E-state index >= 15 is 0 Å². The molecule has 0 aromatic carbocycles. The lowest BCUT2D eigenvalue weighted by molar-refractivity contribution is -0.385. The Labute approximate surface area is 73.8 Å². The molecule has 0 atom stereocenters. The third-order valence-corrected chi connectivity index (χ3v) is 1.20. The molecule has 1 aromatic rings. The molecule has 1 heterocycles. The first-order chi connectivity index (χ1) is 6.24. The van der Waals surface area contributed by atoms with E-state index < -0.39 is 4.92 Å². The van der Waals surface area contributed by atoms with Gasteiger partial charge in [-0.2, -0.15) is 5.26 Å². The molecule has 0 unspecified atom stereocenters. The number of rotatable bonds is 1. The smallest absolute Gasteiger partial charge is 0.258 e. The van der Waals surface area contributed by atoms with E-state index in [0.717, 1.165) is 0 Å². The van der Waals surface area contributed by atoms with Gasteiger partial charge in [0.15, 0.2) is 6.07 Å². The SMILES string of the molecule is N#CC#Cc1cc([N+](=O)[O-])ccn1. The number of hydrogen-bond acceptors (Lipinski definition) is 4. The van der Waals surface area contributed by atoms with E-state index in [-0.39, 0.29) is 11.4 Å². The van der Waals surface area contributed by atoms with Gasteiger partial charge in [-0.15, -0.1) is 0 Å². The van der Waals surface area contributed by atoms with Gasteiger partial charge in [-0.1, -0.05) is 0 Å². The van der Waals surface area contributed by atoms with Crippen LogP contribution in [0.3, 0.4) is 0 Å². The van der Waals surface area contributed by atoms with Crippen molar-refractivity contribution in [1.29, 1.82) is 5.26 Å². The van der Waals surface area contributed by atoms with Crippen LogP contribution in [0.5, 0.6) is 0 Å². The zero-order chi connectivity index (χ0) is 9.68. The second-order valence-corrected chi connectivity index (χ2v) is 2.02. The summed E-state index contributed by atoms with van der Waals surface area (Å²) < 4.78 is 0. The summed E-state index contributed by atoms with van der Waals surface area (Å²) in [7, 11) is 0. The van der Waals surface area contributed by atoms with Gasteiger partial charge >= 0.3 is 0 Å². The van der Waals surface area contributed by atoms with Gasteiger partial charge in [-0.3, -0.25) is 10.1 Å². The average Bonchev–Trinajstić information content (AvgIpc) is 2.15. The molecule has 0 saturated heterocycles. The summed E-state index contributed by atoms with van der Waals surface area (Å²) in [6.07, 6.45) is 1.28. The Balaban J connectivity index is 3.07. The molecular weight excluding hydrogens is 170 g/mol. The number of hydrogen-bond donors (Lipinski definition) is 0. The fourth-order valence-corrected chi connectivity index (χ4v) is 0.693. The zero-order valence-electron chi connectivity index (χ0n) is 6.39. The molecule has 0 saturated carbocycles. The third-order valence-electron chi connectivity index (χ3n) is 1.20. The van der Waals surface area contributed by atoms with E-state index in [1.54, 1.807) is 6.07 Å². The van der Waals surface area contributed by atoms with Gasteiger partial charge in [-0.25, -0.2) is 4.98 Å². The molecule has 1 aromatic heterocycles. The molecule has 1 rings (SSSR count). The minimum Gasteiger partial charge on any atom is -0.258 e. The van der Waals surface area contributed by atoms with Gasteiger partial charge in [0.1, 0.15) is 5.69 Å². The lowest BCUT2D eigenvalue weighted by atomic mass is 10.3. The summed E-state index contributed by atoms with van der Waals surface area (Å²) in [6.45, 7) is 0. The lowest BCUT2D eigenvalue weighted by Gasteiger charge is -1.89. The van der Waals surface area contributed by atoms with Crippen molar-refractivity contribution >= 4 is 5.69 Å². The van der Waals surface area contributed by atoms with E-state index in [1.165, 1.54) is 18.3 Å². The monoisotopic (exact) mass is 173 g/mol. The molecule has 13 heavy (non-hydrogen) atoms. The van der Waals surface area contributed by atoms with Gasteiger partial charge in [-0.05, 0) is 5.92 Å². The molecule has 0 aliphatic rings.